The summed E-state index contributed by atoms with van der Waals surface area (Å²) in [5, 5.41) is 0. The van der Waals surface area contributed by atoms with E-state index >= 15 is 0 Å². The SMILES string of the molecule is Cl.Cl.NC1COC2(CCN(C(=O)c3cnc4c(c3)ncn4Cc3ccccc3)CC2)C1. The van der Waals surface area contributed by atoms with Crippen LogP contribution in [0, 0.1) is 0 Å². The number of piperidine rings is 1. The summed E-state index contributed by atoms with van der Waals surface area (Å²) in [5.74, 6) is 0.00848. The van der Waals surface area contributed by atoms with E-state index in [0.29, 0.717) is 31.8 Å². The van der Waals surface area contributed by atoms with E-state index in [1.165, 1.54) is 5.56 Å². The molecule has 2 saturated heterocycles. The number of amides is 1. The Hall–Kier alpha value is -2.19. The Labute approximate surface area is 193 Å². The van der Waals surface area contributed by atoms with Gasteiger partial charge in [0.25, 0.3) is 5.91 Å². The molecule has 4 heterocycles. The molecule has 31 heavy (non-hydrogen) atoms. The molecular formula is C22H27Cl2N5O2. The highest BCUT2D eigenvalue weighted by molar-refractivity contribution is 5.96. The number of nitrogens with two attached hydrogens (primary N) is 1. The number of carbonyl (C=O) groups is 1. The van der Waals surface area contributed by atoms with Crippen LogP contribution in [-0.2, 0) is 11.3 Å². The lowest BCUT2D eigenvalue weighted by atomic mass is 9.87. The quantitative estimate of drug-likeness (QED) is 0.644. The Kier molecular flexibility index (Phi) is 7.21. The van der Waals surface area contributed by atoms with Crippen molar-refractivity contribution in [2.45, 2.75) is 37.5 Å². The van der Waals surface area contributed by atoms with Crippen LogP contribution in [0.5, 0.6) is 0 Å². The van der Waals surface area contributed by atoms with Crippen molar-refractivity contribution in [3.63, 3.8) is 0 Å². The lowest BCUT2D eigenvalue weighted by Gasteiger charge is -2.38. The molecule has 1 atom stereocenters. The highest BCUT2D eigenvalue weighted by Gasteiger charge is 2.42. The van der Waals surface area contributed by atoms with Crippen LogP contribution >= 0.6 is 24.8 Å². The first-order chi connectivity index (χ1) is 14.1. The number of carbonyl (C=O) groups excluding carboxylic acids is 1. The number of fused-ring (bicyclic) bond motifs is 1. The van der Waals surface area contributed by atoms with Gasteiger partial charge in [-0.15, -0.1) is 24.8 Å². The summed E-state index contributed by atoms with van der Waals surface area (Å²) in [6.45, 7) is 2.70. The van der Waals surface area contributed by atoms with Crippen molar-refractivity contribution in [2.75, 3.05) is 19.7 Å². The second kappa shape index (κ2) is 9.53. The first-order valence-electron chi connectivity index (χ1n) is 10.2. The van der Waals surface area contributed by atoms with Crippen LogP contribution in [0.4, 0.5) is 0 Å². The van der Waals surface area contributed by atoms with Crippen LogP contribution in [0.2, 0.25) is 0 Å². The number of rotatable bonds is 3. The van der Waals surface area contributed by atoms with Crippen LogP contribution in [0.3, 0.4) is 0 Å². The van der Waals surface area contributed by atoms with E-state index in [1.807, 2.05) is 33.7 Å². The van der Waals surface area contributed by atoms with Crippen molar-refractivity contribution in [1.82, 2.24) is 19.4 Å². The van der Waals surface area contributed by atoms with Crippen LogP contribution in [0.25, 0.3) is 11.2 Å². The lowest BCUT2D eigenvalue weighted by Crippen LogP contribution is -2.46. The topological polar surface area (TPSA) is 86.3 Å². The Bertz CT molecular complexity index is 1030. The molecule has 5 rings (SSSR count). The maximum absolute atomic E-state index is 13.0. The number of nitrogens with zero attached hydrogens (tertiary/aromatic N) is 4. The molecule has 1 aromatic carbocycles. The number of likely N-dealkylation sites (tertiary alicyclic amines) is 1. The molecule has 0 saturated carbocycles. The van der Waals surface area contributed by atoms with Crippen LogP contribution in [0.1, 0.15) is 35.2 Å². The first-order valence-corrected chi connectivity index (χ1v) is 10.2. The van der Waals surface area contributed by atoms with E-state index in [-0.39, 0.29) is 42.4 Å². The molecular weight excluding hydrogens is 437 g/mol. The van der Waals surface area contributed by atoms with Crippen LogP contribution < -0.4 is 5.73 Å². The van der Waals surface area contributed by atoms with Crippen molar-refractivity contribution in [3.8, 4) is 0 Å². The fraction of sp³-hybridized carbons (Fsp3) is 0.409. The number of pyridine rings is 1. The van der Waals surface area contributed by atoms with E-state index in [0.717, 1.165) is 30.4 Å². The molecule has 2 aromatic heterocycles. The van der Waals surface area contributed by atoms with Gasteiger partial charge in [-0.2, -0.15) is 0 Å². The van der Waals surface area contributed by atoms with E-state index < -0.39 is 0 Å². The predicted octanol–water partition coefficient (Wildman–Crippen LogP) is 3.05. The molecule has 9 heteroatoms. The molecule has 166 valence electrons. The van der Waals surface area contributed by atoms with Crippen molar-refractivity contribution in [2.24, 2.45) is 5.73 Å². The number of hydrogen-bond acceptors (Lipinski definition) is 5. The Morgan fingerprint density at radius 3 is 2.58 bits per heavy atom. The summed E-state index contributed by atoms with van der Waals surface area (Å²) in [7, 11) is 0. The minimum Gasteiger partial charge on any atom is -0.373 e. The minimum absolute atomic E-state index is 0. The molecule has 1 amide bonds. The van der Waals surface area contributed by atoms with Gasteiger partial charge in [-0.25, -0.2) is 9.97 Å². The molecule has 1 unspecified atom stereocenters. The van der Waals surface area contributed by atoms with Gasteiger partial charge in [-0.05, 0) is 30.9 Å². The number of imidazole rings is 1. The number of hydrogen-bond donors (Lipinski definition) is 1. The summed E-state index contributed by atoms with van der Waals surface area (Å²) in [6, 6.07) is 12.2. The largest absolute Gasteiger partial charge is 0.373 e. The molecule has 2 N–H and O–H groups in total. The molecule has 2 aliphatic heterocycles. The third kappa shape index (κ3) is 4.70. The summed E-state index contributed by atoms with van der Waals surface area (Å²) in [5.41, 5.74) is 9.18. The molecule has 1 spiro atoms. The van der Waals surface area contributed by atoms with Crippen LogP contribution in [-0.4, -0.2) is 56.7 Å². The zero-order valence-corrected chi connectivity index (χ0v) is 18.8. The maximum Gasteiger partial charge on any atom is 0.255 e. The standard InChI is InChI=1S/C22H25N5O2.2ClH/c23-18-11-22(29-14-18)6-8-26(9-7-22)21(28)17-10-19-20(24-12-17)27(15-25-19)13-16-4-2-1-3-5-16;;/h1-5,10,12,15,18H,6-9,11,13-14,23H2;2*1H. The lowest BCUT2D eigenvalue weighted by molar-refractivity contribution is -0.0388. The summed E-state index contributed by atoms with van der Waals surface area (Å²) in [6.07, 6.45) is 6.02. The monoisotopic (exact) mass is 463 g/mol. The van der Waals surface area contributed by atoms with E-state index in [1.54, 1.807) is 12.5 Å². The molecule has 0 bridgehead atoms. The van der Waals surface area contributed by atoms with Gasteiger partial charge in [0.2, 0.25) is 0 Å². The first kappa shape index (κ1) is 23.5. The van der Waals surface area contributed by atoms with E-state index in [2.05, 4.69) is 22.1 Å². The number of aromatic nitrogens is 3. The van der Waals surface area contributed by atoms with Crippen molar-refractivity contribution < 1.29 is 9.53 Å². The molecule has 0 aliphatic carbocycles. The van der Waals surface area contributed by atoms with E-state index in [4.69, 9.17) is 10.5 Å². The maximum atomic E-state index is 13.0. The van der Waals surface area contributed by atoms with E-state index in [9.17, 15) is 4.79 Å². The molecule has 2 fully saturated rings. The van der Waals surface area contributed by atoms with Gasteiger partial charge in [-0.1, -0.05) is 30.3 Å². The number of ether oxygens (including phenoxy) is 1. The molecule has 2 aliphatic rings. The van der Waals surface area contributed by atoms with Crippen molar-refractivity contribution in [1.29, 1.82) is 0 Å². The fourth-order valence-corrected chi connectivity index (χ4v) is 4.49. The fourth-order valence-electron chi connectivity index (χ4n) is 4.49. The van der Waals surface area contributed by atoms with Gasteiger partial charge in [0, 0.05) is 25.3 Å². The van der Waals surface area contributed by atoms with Gasteiger partial charge in [-0.3, -0.25) is 4.79 Å². The van der Waals surface area contributed by atoms with Crippen LogP contribution in [0.15, 0.2) is 48.9 Å². The average Bonchev–Trinajstić information content (AvgIpc) is 3.32. The Morgan fingerprint density at radius 1 is 1.16 bits per heavy atom. The third-order valence-corrected chi connectivity index (χ3v) is 6.10. The van der Waals surface area contributed by atoms with Crippen molar-refractivity contribution >= 4 is 41.9 Å². The minimum atomic E-state index is -0.130. The third-order valence-electron chi connectivity index (χ3n) is 6.10. The van der Waals surface area contributed by atoms with Gasteiger partial charge >= 0.3 is 0 Å². The predicted molar refractivity (Wildman–Crippen MR) is 124 cm³/mol. The summed E-state index contributed by atoms with van der Waals surface area (Å²) in [4.78, 5) is 23.9. The summed E-state index contributed by atoms with van der Waals surface area (Å²) < 4.78 is 7.95. The van der Waals surface area contributed by atoms with Gasteiger partial charge in [0.1, 0.15) is 5.52 Å². The normalized spacial score (nSPS) is 19.8. The highest BCUT2D eigenvalue weighted by atomic mass is 35.5. The van der Waals surface area contributed by atoms with Gasteiger partial charge in [0.15, 0.2) is 5.65 Å². The van der Waals surface area contributed by atoms with Gasteiger partial charge in [0.05, 0.1) is 30.6 Å². The number of benzene rings is 1. The van der Waals surface area contributed by atoms with Crippen molar-refractivity contribution in [3.05, 3.63) is 60.0 Å². The number of halogens is 2. The highest BCUT2D eigenvalue weighted by Crippen LogP contribution is 2.35. The molecule has 7 nitrogen and oxygen atoms in total. The average molecular weight is 464 g/mol. The zero-order valence-electron chi connectivity index (χ0n) is 17.1. The smallest absolute Gasteiger partial charge is 0.255 e. The Morgan fingerprint density at radius 2 is 1.90 bits per heavy atom. The Balaban J connectivity index is 0.00000136. The van der Waals surface area contributed by atoms with Gasteiger partial charge < -0.3 is 19.9 Å². The molecule has 3 aromatic rings. The summed E-state index contributed by atoms with van der Waals surface area (Å²) >= 11 is 0. The molecule has 0 radical (unpaired) electrons. The second-order valence-corrected chi connectivity index (χ2v) is 8.18. The second-order valence-electron chi connectivity index (χ2n) is 8.18. The zero-order chi connectivity index (χ0) is 19.8.